The van der Waals surface area contributed by atoms with Crippen LogP contribution in [-0.4, -0.2) is 46.9 Å². The molecule has 3 aliphatic rings. The number of hydrogen-bond donors (Lipinski definition) is 0. The highest BCUT2D eigenvalue weighted by atomic mass is 16.2. The Morgan fingerprint density at radius 2 is 1.93 bits per heavy atom. The van der Waals surface area contributed by atoms with Crippen LogP contribution in [0, 0.1) is 0 Å². The number of fused-ring (bicyclic) bond motifs is 2. The number of piperazine rings is 1. The number of hydrogen-bond acceptors (Lipinski definition) is 2. The van der Waals surface area contributed by atoms with Crippen LogP contribution in [-0.2, 0) is 4.79 Å². The molecule has 14 heavy (non-hydrogen) atoms. The maximum atomic E-state index is 12.0. The van der Waals surface area contributed by atoms with E-state index >= 15 is 0 Å². The minimum atomic E-state index is 0.251. The third-order valence-electron chi connectivity index (χ3n) is 3.93. The van der Waals surface area contributed by atoms with Crippen LogP contribution >= 0.6 is 0 Å². The molecule has 2 bridgehead atoms. The molecule has 0 radical (unpaired) electrons. The van der Waals surface area contributed by atoms with Crippen molar-refractivity contribution in [3.05, 3.63) is 0 Å². The number of nitrogens with zero attached hydrogens (tertiary/aromatic N) is 2. The van der Waals surface area contributed by atoms with Crippen molar-refractivity contribution in [2.75, 3.05) is 13.1 Å². The molecule has 3 fully saturated rings. The Labute approximate surface area is 85.1 Å². The lowest BCUT2D eigenvalue weighted by Gasteiger charge is -2.40. The molecule has 2 heterocycles. The normalized spacial score (nSPS) is 38.1. The molecule has 0 aromatic rings. The first-order chi connectivity index (χ1) is 6.81. The third-order valence-corrected chi connectivity index (χ3v) is 3.93. The van der Waals surface area contributed by atoms with Crippen LogP contribution < -0.4 is 0 Å². The van der Waals surface area contributed by atoms with E-state index in [-0.39, 0.29) is 6.04 Å². The Morgan fingerprint density at radius 1 is 1.21 bits per heavy atom. The highest BCUT2D eigenvalue weighted by Gasteiger charge is 2.50. The smallest absolute Gasteiger partial charge is 0.239 e. The SMILES string of the molecule is CCN1CC2CCC(C1=O)N2C1CC1. The van der Waals surface area contributed by atoms with Crippen LogP contribution in [0.2, 0.25) is 0 Å². The van der Waals surface area contributed by atoms with Gasteiger partial charge in [0, 0.05) is 25.2 Å². The summed E-state index contributed by atoms with van der Waals surface area (Å²) in [6.45, 7) is 3.97. The van der Waals surface area contributed by atoms with Gasteiger partial charge in [-0.1, -0.05) is 0 Å². The van der Waals surface area contributed by atoms with E-state index in [2.05, 4.69) is 11.8 Å². The standard InChI is InChI=1S/C11H18N2O/c1-2-12-7-9-5-6-10(11(12)14)13(9)8-3-4-8/h8-10H,2-7H2,1H3. The van der Waals surface area contributed by atoms with Gasteiger partial charge >= 0.3 is 0 Å². The molecular formula is C11H18N2O. The highest BCUT2D eigenvalue weighted by Crippen LogP contribution is 2.40. The molecule has 1 aliphatic carbocycles. The summed E-state index contributed by atoms with van der Waals surface area (Å²) >= 11 is 0. The average molecular weight is 194 g/mol. The number of carbonyl (C=O) groups is 1. The van der Waals surface area contributed by atoms with Gasteiger partial charge in [-0.05, 0) is 32.6 Å². The summed E-state index contributed by atoms with van der Waals surface area (Å²) in [5, 5.41) is 0. The molecule has 2 aliphatic heterocycles. The van der Waals surface area contributed by atoms with Crippen molar-refractivity contribution in [3.63, 3.8) is 0 Å². The summed E-state index contributed by atoms with van der Waals surface area (Å²) in [6.07, 6.45) is 5.00. The summed E-state index contributed by atoms with van der Waals surface area (Å²) in [6, 6.07) is 1.70. The van der Waals surface area contributed by atoms with E-state index in [1.165, 1.54) is 19.3 Å². The number of carbonyl (C=O) groups excluding carboxylic acids is 1. The van der Waals surface area contributed by atoms with Gasteiger partial charge in [0.25, 0.3) is 0 Å². The molecule has 3 nitrogen and oxygen atoms in total. The Kier molecular flexibility index (Phi) is 1.84. The molecule has 0 aromatic heterocycles. The molecule has 0 aromatic carbocycles. The lowest BCUT2D eigenvalue weighted by atomic mass is 10.1. The largest absolute Gasteiger partial charge is 0.340 e. The monoisotopic (exact) mass is 194 g/mol. The maximum Gasteiger partial charge on any atom is 0.239 e. The molecular weight excluding hydrogens is 176 g/mol. The van der Waals surface area contributed by atoms with Crippen LogP contribution in [0.15, 0.2) is 0 Å². The van der Waals surface area contributed by atoms with Crippen LogP contribution in [0.25, 0.3) is 0 Å². The summed E-state index contributed by atoms with van der Waals surface area (Å²) in [7, 11) is 0. The van der Waals surface area contributed by atoms with Gasteiger partial charge in [-0.25, -0.2) is 0 Å². The van der Waals surface area contributed by atoms with Crippen LogP contribution in [0.4, 0.5) is 0 Å². The fraction of sp³-hybridized carbons (Fsp3) is 0.909. The fourth-order valence-corrected chi connectivity index (χ4v) is 3.10. The first kappa shape index (κ1) is 8.72. The van der Waals surface area contributed by atoms with Crippen molar-refractivity contribution >= 4 is 5.91 Å². The number of likely N-dealkylation sites (tertiary alicyclic amines) is 1. The lowest BCUT2D eigenvalue weighted by Crippen LogP contribution is -2.57. The second-order valence-electron chi connectivity index (χ2n) is 4.80. The summed E-state index contributed by atoms with van der Waals surface area (Å²) in [4.78, 5) is 16.6. The zero-order valence-electron chi connectivity index (χ0n) is 8.78. The number of amides is 1. The van der Waals surface area contributed by atoms with Crippen molar-refractivity contribution in [1.29, 1.82) is 0 Å². The average Bonchev–Trinajstić information content (AvgIpc) is 2.97. The predicted molar refractivity (Wildman–Crippen MR) is 53.9 cm³/mol. The topological polar surface area (TPSA) is 23.6 Å². The summed E-state index contributed by atoms with van der Waals surface area (Å²) in [5.41, 5.74) is 0. The van der Waals surface area contributed by atoms with Gasteiger partial charge in [0.05, 0.1) is 6.04 Å². The van der Waals surface area contributed by atoms with Crippen LogP contribution in [0.3, 0.4) is 0 Å². The highest BCUT2D eigenvalue weighted by molar-refractivity contribution is 5.83. The Hall–Kier alpha value is -0.570. The lowest BCUT2D eigenvalue weighted by molar-refractivity contribution is -0.141. The van der Waals surface area contributed by atoms with Gasteiger partial charge in [0.1, 0.15) is 0 Å². The van der Waals surface area contributed by atoms with E-state index in [1.807, 2.05) is 4.90 Å². The van der Waals surface area contributed by atoms with Gasteiger partial charge in [-0.3, -0.25) is 9.69 Å². The molecule has 0 spiro atoms. The Morgan fingerprint density at radius 3 is 2.57 bits per heavy atom. The van der Waals surface area contributed by atoms with Gasteiger partial charge in [-0.2, -0.15) is 0 Å². The first-order valence-electron chi connectivity index (χ1n) is 5.87. The minimum Gasteiger partial charge on any atom is -0.340 e. The zero-order chi connectivity index (χ0) is 9.71. The van der Waals surface area contributed by atoms with Crippen molar-refractivity contribution < 1.29 is 4.79 Å². The Bertz CT molecular complexity index is 262. The first-order valence-corrected chi connectivity index (χ1v) is 5.87. The molecule has 2 saturated heterocycles. The van der Waals surface area contributed by atoms with E-state index in [0.717, 1.165) is 25.6 Å². The minimum absolute atomic E-state index is 0.251. The molecule has 1 saturated carbocycles. The van der Waals surface area contributed by atoms with Crippen molar-refractivity contribution in [3.8, 4) is 0 Å². The van der Waals surface area contributed by atoms with E-state index in [4.69, 9.17) is 0 Å². The summed E-state index contributed by atoms with van der Waals surface area (Å²) in [5.74, 6) is 0.396. The van der Waals surface area contributed by atoms with Gasteiger partial charge in [0.2, 0.25) is 5.91 Å². The van der Waals surface area contributed by atoms with E-state index in [0.29, 0.717) is 11.9 Å². The number of likely N-dealkylation sites (N-methyl/N-ethyl adjacent to an activating group) is 1. The van der Waals surface area contributed by atoms with Crippen molar-refractivity contribution in [1.82, 2.24) is 9.80 Å². The van der Waals surface area contributed by atoms with E-state index in [9.17, 15) is 4.79 Å². The fourth-order valence-electron chi connectivity index (χ4n) is 3.10. The molecule has 3 rings (SSSR count). The second-order valence-corrected chi connectivity index (χ2v) is 4.80. The zero-order valence-corrected chi connectivity index (χ0v) is 8.78. The van der Waals surface area contributed by atoms with E-state index in [1.54, 1.807) is 0 Å². The predicted octanol–water partition coefficient (Wildman–Crippen LogP) is 0.844. The second kappa shape index (κ2) is 2.96. The molecule has 3 heteroatoms. The molecule has 2 atom stereocenters. The van der Waals surface area contributed by atoms with Crippen LogP contribution in [0.5, 0.6) is 0 Å². The van der Waals surface area contributed by atoms with Gasteiger partial charge < -0.3 is 4.90 Å². The quantitative estimate of drug-likeness (QED) is 0.650. The van der Waals surface area contributed by atoms with Crippen LogP contribution in [0.1, 0.15) is 32.6 Å². The molecule has 2 unspecified atom stereocenters. The summed E-state index contributed by atoms with van der Waals surface area (Å²) < 4.78 is 0. The van der Waals surface area contributed by atoms with Gasteiger partial charge in [0.15, 0.2) is 0 Å². The molecule has 0 N–H and O–H groups in total. The third kappa shape index (κ3) is 1.11. The molecule has 1 amide bonds. The van der Waals surface area contributed by atoms with Crippen molar-refractivity contribution in [2.45, 2.75) is 50.7 Å². The van der Waals surface area contributed by atoms with Crippen molar-refractivity contribution in [2.24, 2.45) is 0 Å². The maximum absolute atomic E-state index is 12.0. The van der Waals surface area contributed by atoms with E-state index < -0.39 is 0 Å². The number of rotatable bonds is 2. The Balaban J connectivity index is 1.83. The van der Waals surface area contributed by atoms with Gasteiger partial charge in [-0.15, -0.1) is 0 Å². The molecule has 78 valence electrons.